The Morgan fingerprint density at radius 2 is 2.12 bits per heavy atom. The third kappa shape index (κ3) is 4.23. The number of carbonyl (C=O) groups excluding carboxylic acids is 1. The fraction of sp³-hybridized carbons (Fsp3) is 0.471. The molecule has 0 aliphatic heterocycles. The molecule has 1 heterocycles. The number of non-ortho nitro benzene ring substituents is 1. The van der Waals surface area contributed by atoms with Gasteiger partial charge in [-0.05, 0) is 25.3 Å². The van der Waals surface area contributed by atoms with Crippen LogP contribution in [0.3, 0.4) is 0 Å². The maximum absolute atomic E-state index is 12.6. The van der Waals surface area contributed by atoms with Gasteiger partial charge < -0.3 is 10.6 Å². The third-order valence-corrected chi connectivity index (χ3v) is 4.38. The predicted molar refractivity (Wildman–Crippen MR) is 97.1 cm³/mol. The molecule has 26 heavy (non-hydrogen) atoms. The second-order valence-corrected chi connectivity index (χ2v) is 6.64. The summed E-state index contributed by atoms with van der Waals surface area (Å²) in [6.45, 7) is 6.31. The van der Waals surface area contributed by atoms with E-state index in [4.69, 9.17) is 5.73 Å². The molecule has 1 amide bonds. The van der Waals surface area contributed by atoms with E-state index in [1.54, 1.807) is 31.0 Å². The van der Waals surface area contributed by atoms with Crippen LogP contribution >= 0.6 is 0 Å². The van der Waals surface area contributed by atoms with Gasteiger partial charge in [0.2, 0.25) is 0 Å². The summed E-state index contributed by atoms with van der Waals surface area (Å²) < 4.78 is 1.42. The highest BCUT2D eigenvalue weighted by Crippen LogP contribution is 2.19. The van der Waals surface area contributed by atoms with Crippen LogP contribution in [0.5, 0.6) is 0 Å². The Kier molecular flexibility index (Phi) is 6.04. The van der Waals surface area contributed by atoms with Gasteiger partial charge in [0, 0.05) is 31.8 Å². The Hall–Kier alpha value is -2.81. The first-order valence-electron chi connectivity index (χ1n) is 8.40. The minimum absolute atomic E-state index is 0.0203. The molecule has 1 unspecified atom stereocenters. The van der Waals surface area contributed by atoms with Gasteiger partial charge in [0.1, 0.15) is 0 Å². The Bertz CT molecular complexity index is 802. The number of aromatic nitrogens is 3. The molecule has 140 valence electrons. The Balaban J connectivity index is 2.19. The fourth-order valence-corrected chi connectivity index (χ4v) is 2.47. The van der Waals surface area contributed by atoms with E-state index in [1.807, 2.05) is 13.8 Å². The lowest BCUT2D eigenvalue weighted by Crippen LogP contribution is -2.35. The number of hydrogen-bond acceptors (Lipinski definition) is 6. The first kappa shape index (κ1) is 19.5. The molecular formula is C17H24N6O3. The van der Waals surface area contributed by atoms with Crippen molar-refractivity contribution in [1.29, 1.82) is 0 Å². The van der Waals surface area contributed by atoms with Crippen LogP contribution in [0.25, 0.3) is 5.69 Å². The van der Waals surface area contributed by atoms with Crippen LogP contribution in [-0.2, 0) is 0 Å². The van der Waals surface area contributed by atoms with E-state index >= 15 is 0 Å². The van der Waals surface area contributed by atoms with E-state index in [2.05, 4.69) is 10.3 Å². The minimum Gasteiger partial charge on any atom is -0.340 e. The second kappa shape index (κ2) is 8.05. The van der Waals surface area contributed by atoms with Gasteiger partial charge in [-0.2, -0.15) is 0 Å². The molecule has 0 fully saturated rings. The molecule has 0 radical (unpaired) electrons. The van der Waals surface area contributed by atoms with Crippen molar-refractivity contribution < 1.29 is 9.72 Å². The molecular weight excluding hydrogens is 336 g/mol. The van der Waals surface area contributed by atoms with Crippen molar-refractivity contribution in [2.45, 2.75) is 33.2 Å². The van der Waals surface area contributed by atoms with Crippen molar-refractivity contribution >= 4 is 11.6 Å². The normalized spacial score (nSPS) is 12.2. The summed E-state index contributed by atoms with van der Waals surface area (Å²) in [5.41, 5.74) is 7.20. The summed E-state index contributed by atoms with van der Waals surface area (Å²) in [6.07, 6.45) is 0.692. The highest BCUT2D eigenvalue weighted by Gasteiger charge is 2.22. The molecule has 0 saturated carbocycles. The minimum atomic E-state index is -0.479. The number of nitro groups is 1. The van der Waals surface area contributed by atoms with E-state index in [0.29, 0.717) is 30.3 Å². The molecule has 1 atom stereocenters. The zero-order valence-corrected chi connectivity index (χ0v) is 15.4. The number of hydrogen-bond donors (Lipinski definition) is 1. The van der Waals surface area contributed by atoms with Gasteiger partial charge >= 0.3 is 0 Å². The Labute approximate surface area is 151 Å². The maximum Gasteiger partial charge on any atom is 0.276 e. The van der Waals surface area contributed by atoms with Crippen LogP contribution in [0.1, 0.15) is 36.5 Å². The van der Waals surface area contributed by atoms with E-state index in [9.17, 15) is 14.9 Å². The van der Waals surface area contributed by atoms with Crippen molar-refractivity contribution in [3.8, 4) is 5.69 Å². The van der Waals surface area contributed by atoms with Crippen LogP contribution in [0, 0.1) is 23.0 Å². The molecule has 0 saturated heterocycles. The smallest absolute Gasteiger partial charge is 0.276 e. The number of rotatable bonds is 7. The summed E-state index contributed by atoms with van der Waals surface area (Å²) in [4.78, 5) is 24.7. The molecule has 0 spiro atoms. The van der Waals surface area contributed by atoms with Crippen molar-refractivity contribution in [3.63, 3.8) is 0 Å². The maximum atomic E-state index is 12.6. The molecule has 1 aromatic carbocycles. The first-order valence-corrected chi connectivity index (χ1v) is 8.40. The molecule has 2 N–H and O–H groups in total. The van der Waals surface area contributed by atoms with Crippen molar-refractivity contribution in [2.24, 2.45) is 11.7 Å². The molecule has 0 bridgehead atoms. The number of carbonyl (C=O) groups is 1. The van der Waals surface area contributed by atoms with E-state index in [0.717, 1.165) is 0 Å². The molecule has 2 aromatic rings. The van der Waals surface area contributed by atoms with Gasteiger partial charge in [0.05, 0.1) is 16.3 Å². The van der Waals surface area contributed by atoms with Crippen molar-refractivity contribution in [2.75, 3.05) is 13.6 Å². The number of amides is 1. The van der Waals surface area contributed by atoms with Crippen LogP contribution in [-0.4, -0.2) is 50.4 Å². The Morgan fingerprint density at radius 1 is 1.42 bits per heavy atom. The molecule has 1 aromatic heterocycles. The van der Waals surface area contributed by atoms with Crippen molar-refractivity contribution in [3.05, 3.63) is 45.8 Å². The average Bonchev–Trinajstić information content (AvgIpc) is 2.99. The number of benzene rings is 1. The monoisotopic (exact) mass is 360 g/mol. The van der Waals surface area contributed by atoms with Gasteiger partial charge in [0.25, 0.3) is 11.6 Å². The first-order chi connectivity index (χ1) is 12.2. The standard InChI is InChI=1S/C17H24N6O3/c1-11(2)15(18)8-9-21(4)17(24)16-12(3)22(20-19-16)13-6-5-7-14(10-13)23(25)26/h5-7,10-11,15H,8-9,18H2,1-4H3. The fourth-order valence-electron chi connectivity index (χ4n) is 2.47. The molecule has 2 rings (SSSR count). The number of nitrogens with zero attached hydrogens (tertiary/aromatic N) is 5. The number of nitrogens with two attached hydrogens (primary N) is 1. The number of nitro benzene ring substituents is 1. The average molecular weight is 360 g/mol. The Morgan fingerprint density at radius 3 is 2.73 bits per heavy atom. The third-order valence-electron chi connectivity index (χ3n) is 4.38. The quantitative estimate of drug-likeness (QED) is 0.595. The van der Waals surface area contributed by atoms with Gasteiger partial charge in [0.15, 0.2) is 5.69 Å². The lowest BCUT2D eigenvalue weighted by Gasteiger charge is -2.21. The van der Waals surface area contributed by atoms with Crippen molar-refractivity contribution in [1.82, 2.24) is 19.9 Å². The van der Waals surface area contributed by atoms with Crippen LogP contribution in [0.2, 0.25) is 0 Å². The van der Waals surface area contributed by atoms with E-state index in [-0.39, 0.29) is 23.3 Å². The van der Waals surface area contributed by atoms with Crippen LogP contribution in [0.15, 0.2) is 24.3 Å². The second-order valence-electron chi connectivity index (χ2n) is 6.64. The summed E-state index contributed by atoms with van der Waals surface area (Å²) >= 11 is 0. The predicted octanol–water partition coefficient (Wildman–Crippen LogP) is 1.93. The highest BCUT2D eigenvalue weighted by atomic mass is 16.6. The van der Waals surface area contributed by atoms with Gasteiger partial charge in [-0.3, -0.25) is 14.9 Å². The van der Waals surface area contributed by atoms with Gasteiger partial charge in [-0.25, -0.2) is 4.68 Å². The molecule has 9 heteroatoms. The van der Waals surface area contributed by atoms with E-state index in [1.165, 1.54) is 16.8 Å². The largest absolute Gasteiger partial charge is 0.340 e. The summed E-state index contributed by atoms with van der Waals surface area (Å²) in [6, 6.07) is 6.05. The van der Waals surface area contributed by atoms with Gasteiger partial charge in [-0.1, -0.05) is 25.1 Å². The molecule has 0 aliphatic carbocycles. The lowest BCUT2D eigenvalue weighted by atomic mass is 10.0. The van der Waals surface area contributed by atoms with Crippen LogP contribution < -0.4 is 5.73 Å². The zero-order valence-electron chi connectivity index (χ0n) is 15.4. The SMILES string of the molecule is Cc1c(C(=O)N(C)CCC(N)C(C)C)nnn1-c1cccc([N+](=O)[O-])c1. The van der Waals surface area contributed by atoms with Crippen LogP contribution in [0.4, 0.5) is 5.69 Å². The summed E-state index contributed by atoms with van der Waals surface area (Å²) in [7, 11) is 1.70. The van der Waals surface area contributed by atoms with E-state index < -0.39 is 4.92 Å². The molecule has 9 nitrogen and oxygen atoms in total. The molecule has 0 aliphatic rings. The summed E-state index contributed by atoms with van der Waals surface area (Å²) in [5.74, 6) is 0.0881. The topological polar surface area (TPSA) is 120 Å². The van der Waals surface area contributed by atoms with Gasteiger partial charge in [-0.15, -0.1) is 5.10 Å². The lowest BCUT2D eigenvalue weighted by molar-refractivity contribution is -0.384. The highest BCUT2D eigenvalue weighted by molar-refractivity contribution is 5.93. The summed E-state index contributed by atoms with van der Waals surface area (Å²) in [5, 5.41) is 18.9. The zero-order chi connectivity index (χ0) is 19.4.